The largest absolute Gasteiger partial charge is 0.295 e. The lowest BCUT2D eigenvalue weighted by molar-refractivity contribution is 0.0458. The van der Waals surface area contributed by atoms with E-state index in [4.69, 9.17) is 0 Å². The van der Waals surface area contributed by atoms with Crippen LogP contribution >= 0.6 is 23.5 Å². The average molecular weight is 283 g/mol. The summed E-state index contributed by atoms with van der Waals surface area (Å²) in [5.41, 5.74) is 1.28. The summed E-state index contributed by atoms with van der Waals surface area (Å²) < 4.78 is 9.12. The highest BCUT2D eigenvalue weighted by atomic mass is 32.2. The van der Waals surface area contributed by atoms with E-state index in [1.54, 1.807) is 0 Å². The van der Waals surface area contributed by atoms with Gasteiger partial charge in [-0.25, -0.2) is 0 Å². The summed E-state index contributed by atoms with van der Waals surface area (Å²) in [4.78, 5) is 2.63. The quantitative estimate of drug-likeness (QED) is 0.610. The highest BCUT2D eigenvalue weighted by Crippen LogP contribution is 2.42. The zero-order valence-electron chi connectivity index (χ0n) is 11.0. The molecule has 1 atom stereocenters. The summed E-state index contributed by atoms with van der Waals surface area (Å²) in [6, 6.07) is 0.570. The van der Waals surface area contributed by atoms with Gasteiger partial charge in [0.25, 0.3) is 0 Å². The van der Waals surface area contributed by atoms with Crippen LogP contribution in [0.3, 0.4) is 0 Å². The predicted molar refractivity (Wildman–Crippen MR) is 77.2 cm³/mol. The lowest BCUT2D eigenvalue weighted by atomic mass is 9.82. The molecule has 0 aliphatic carbocycles. The highest BCUT2D eigenvalue weighted by Gasteiger charge is 2.36. The van der Waals surface area contributed by atoms with E-state index in [1.165, 1.54) is 73.4 Å². The third-order valence-corrected chi connectivity index (χ3v) is 5.91. The Hall–Kier alpha value is -0.130. The number of hydrogen-bond acceptors (Lipinski definition) is 5. The van der Waals surface area contributed by atoms with Gasteiger partial charge in [0.15, 0.2) is 0 Å². The van der Waals surface area contributed by atoms with Crippen molar-refractivity contribution in [3.63, 3.8) is 0 Å². The third-order valence-electron chi connectivity index (χ3n) is 4.18. The van der Waals surface area contributed by atoms with E-state index in [1.807, 2.05) is 11.8 Å². The Labute approximate surface area is 118 Å². The molecule has 0 N–H and O–H groups in total. The van der Waals surface area contributed by atoms with Crippen molar-refractivity contribution in [2.75, 3.05) is 18.8 Å². The van der Waals surface area contributed by atoms with E-state index in [2.05, 4.69) is 20.6 Å². The normalized spacial score (nSPS) is 30.8. The highest BCUT2D eigenvalue weighted by molar-refractivity contribution is 7.99. The molecule has 1 aromatic heterocycles. The smallest absolute Gasteiger partial charge is 0.135 e. The first-order valence-electron chi connectivity index (χ1n) is 7.07. The van der Waals surface area contributed by atoms with Crippen LogP contribution in [-0.4, -0.2) is 32.5 Å². The van der Waals surface area contributed by atoms with E-state index in [0.717, 1.165) is 5.92 Å². The summed E-state index contributed by atoms with van der Waals surface area (Å²) in [6.45, 7) is 4.78. The van der Waals surface area contributed by atoms with E-state index in [0.29, 0.717) is 6.04 Å². The fraction of sp³-hybridized carbons (Fsp3) is 0.846. The summed E-state index contributed by atoms with van der Waals surface area (Å²) in [5.74, 6) is 2.13. The van der Waals surface area contributed by atoms with E-state index in [-0.39, 0.29) is 0 Å². The minimum absolute atomic E-state index is 0.570. The summed E-state index contributed by atoms with van der Waals surface area (Å²) in [6.07, 6.45) is 6.64. The Morgan fingerprint density at radius 1 is 1.33 bits per heavy atom. The van der Waals surface area contributed by atoms with Crippen molar-refractivity contribution in [3.8, 4) is 0 Å². The van der Waals surface area contributed by atoms with Gasteiger partial charge in [0.2, 0.25) is 0 Å². The van der Waals surface area contributed by atoms with E-state index in [9.17, 15) is 0 Å². The summed E-state index contributed by atoms with van der Waals surface area (Å²) in [5, 5.41) is 1.21. The van der Waals surface area contributed by atoms with Crippen LogP contribution in [0, 0.1) is 5.92 Å². The molecule has 3 nitrogen and oxygen atoms in total. The van der Waals surface area contributed by atoms with Gasteiger partial charge in [0.1, 0.15) is 10.7 Å². The summed E-state index contributed by atoms with van der Waals surface area (Å²) >= 11 is 3.31. The molecule has 5 heteroatoms. The second kappa shape index (κ2) is 5.88. The van der Waals surface area contributed by atoms with Crippen LogP contribution in [0.5, 0.6) is 0 Å². The van der Waals surface area contributed by atoms with Crippen LogP contribution in [0.15, 0.2) is 5.03 Å². The Morgan fingerprint density at radius 2 is 2.17 bits per heavy atom. The molecule has 3 aliphatic rings. The van der Waals surface area contributed by atoms with Gasteiger partial charge >= 0.3 is 0 Å². The molecule has 3 saturated heterocycles. The minimum atomic E-state index is 0.570. The van der Waals surface area contributed by atoms with Crippen LogP contribution in [0.25, 0.3) is 0 Å². The summed E-state index contributed by atoms with van der Waals surface area (Å²) in [7, 11) is 0. The lowest BCUT2D eigenvalue weighted by Crippen LogP contribution is -2.43. The number of aromatic nitrogens is 2. The van der Waals surface area contributed by atoms with Crippen LogP contribution in [0.4, 0.5) is 0 Å². The van der Waals surface area contributed by atoms with Crippen LogP contribution < -0.4 is 0 Å². The fourth-order valence-corrected chi connectivity index (χ4v) is 4.88. The number of piperidine rings is 3. The Bertz CT molecular complexity index is 385. The second-order valence-electron chi connectivity index (χ2n) is 5.39. The maximum absolute atomic E-state index is 4.61. The van der Waals surface area contributed by atoms with Gasteiger partial charge in [0.05, 0.1) is 17.8 Å². The molecule has 1 aromatic rings. The molecule has 0 amide bonds. The number of nitrogens with zero attached hydrogens (tertiary/aromatic N) is 3. The van der Waals surface area contributed by atoms with Gasteiger partial charge in [-0.3, -0.25) is 4.90 Å². The molecule has 2 bridgehead atoms. The molecule has 0 radical (unpaired) electrons. The first kappa shape index (κ1) is 12.9. The van der Waals surface area contributed by atoms with Crippen molar-refractivity contribution in [1.82, 2.24) is 13.6 Å². The molecule has 1 unspecified atom stereocenters. The molecule has 0 aromatic carbocycles. The SMILES string of the molecule is CCCCSc1nsnc1C1CC2CCN1CC2. The average Bonchev–Trinajstić information content (AvgIpc) is 2.89. The number of hydrogen-bond donors (Lipinski definition) is 0. The van der Waals surface area contributed by atoms with Crippen molar-refractivity contribution < 1.29 is 0 Å². The molecule has 0 saturated carbocycles. The number of rotatable bonds is 5. The van der Waals surface area contributed by atoms with Crippen LogP contribution in [0.2, 0.25) is 0 Å². The second-order valence-corrected chi connectivity index (χ2v) is 7.00. The van der Waals surface area contributed by atoms with Crippen molar-refractivity contribution >= 4 is 23.5 Å². The first-order chi connectivity index (χ1) is 8.88. The van der Waals surface area contributed by atoms with Crippen molar-refractivity contribution in [2.45, 2.75) is 50.1 Å². The van der Waals surface area contributed by atoms with E-state index < -0.39 is 0 Å². The van der Waals surface area contributed by atoms with Crippen LogP contribution in [-0.2, 0) is 0 Å². The topological polar surface area (TPSA) is 29.0 Å². The zero-order valence-corrected chi connectivity index (χ0v) is 12.6. The molecule has 4 heterocycles. The Morgan fingerprint density at radius 3 is 2.83 bits per heavy atom. The Kier molecular flexibility index (Phi) is 4.21. The predicted octanol–water partition coefficient (Wildman–Crippen LogP) is 3.59. The monoisotopic (exact) mass is 283 g/mol. The molecule has 4 rings (SSSR count). The lowest BCUT2D eigenvalue weighted by Gasteiger charge is -2.44. The molecular weight excluding hydrogens is 262 g/mol. The Balaban J connectivity index is 1.70. The first-order valence-corrected chi connectivity index (χ1v) is 8.79. The number of thioether (sulfide) groups is 1. The van der Waals surface area contributed by atoms with Gasteiger partial charge in [-0.1, -0.05) is 13.3 Å². The van der Waals surface area contributed by atoms with Gasteiger partial charge in [-0.2, -0.15) is 8.75 Å². The maximum Gasteiger partial charge on any atom is 0.135 e. The molecule has 3 aliphatic heterocycles. The molecular formula is C13H21N3S2. The zero-order chi connectivity index (χ0) is 12.4. The number of fused-ring (bicyclic) bond motifs is 3. The molecule has 0 spiro atoms. The minimum Gasteiger partial charge on any atom is -0.295 e. The molecule has 18 heavy (non-hydrogen) atoms. The van der Waals surface area contributed by atoms with Crippen LogP contribution in [0.1, 0.15) is 50.8 Å². The fourth-order valence-electron chi connectivity index (χ4n) is 3.05. The van der Waals surface area contributed by atoms with Gasteiger partial charge in [-0.15, -0.1) is 11.8 Å². The maximum atomic E-state index is 4.61. The number of unbranched alkanes of at least 4 members (excludes halogenated alkanes) is 1. The third kappa shape index (κ3) is 2.58. The van der Waals surface area contributed by atoms with Crippen molar-refractivity contribution in [2.24, 2.45) is 5.92 Å². The molecule has 3 fully saturated rings. The van der Waals surface area contributed by atoms with Crippen molar-refractivity contribution in [3.05, 3.63) is 5.69 Å². The molecule has 100 valence electrons. The van der Waals surface area contributed by atoms with Crippen molar-refractivity contribution in [1.29, 1.82) is 0 Å². The van der Waals surface area contributed by atoms with E-state index >= 15 is 0 Å². The van der Waals surface area contributed by atoms with Gasteiger partial charge in [-0.05, 0) is 50.4 Å². The van der Waals surface area contributed by atoms with Gasteiger partial charge < -0.3 is 0 Å². The van der Waals surface area contributed by atoms with Gasteiger partial charge in [0, 0.05) is 0 Å². The standard InChI is InChI=1S/C13H21N3S2/c1-2-3-8-17-13-12(14-18-15-13)11-9-10-4-6-16(11)7-5-10/h10-11H,2-9H2,1H3.